The van der Waals surface area contributed by atoms with Gasteiger partial charge >= 0.3 is 0 Å². The van der Waals surface area contributed by atoms with Gasteiger partial charge in [-0.15, -0.1) is 11.6 Å². The minimum atomic E-state index is -0.418. The van der Waals surface area contributed by atoms with Gasteiger partial charge in [0.2, 0.25) is 0 Å². The van der Waals surface area contributed by atoms with Crippen LogP contribution < -0.4 is 10.1 Å². The van der Waals surface area contributed by atoms with Gasteiger partial charge in [-0.05, 0) is 38.5 Å². The van der Waals surface area contributed by atoms with Crippen LogP contribution in [0.5, 0.6) is 5.75 Å². The van der Waals surface area contributed by atoms with Crippen molar-refractivity contribution in [3.63, 3.8) is 0 Å². The third-order valence-electron chi connectivity index (χ3n) is 2.36. The minimum absolute atomic E-state index is 0.136. The number of halogens is 1. The quantitative estimate of drug-likeness (QED) is 0.806. The Morgan fingerprint density at radius 3 is 2.78 bits per heavy atom. The number of hydrogen-bond acceptors (Lipinski definition) is 2. The molecule has 18 heavy (non-hydrogen) atoms. The molecular formula is C14H20ClNO2. The molecule has 0 aliphatic rings. The Bertz CT molecular complexity index is 405. The number of ether oxygens (including phenoxy) is 1. The average molecular weight is 270 g/mol. The molecule has 1 aromatic rings. The first-order valence-electron chi connectivity index (χ1n) is 6.10. The maximum absolute atomic E-state index is 12.0. The zero-order valence-corrected chi connectivity index (χ0v) is 11.9. The van der Waals surface area contributed by atoms with Crippen LogP contribution >= 0.6 is 11.6 Å². The first kappa shape index (κ1) is 14.8. The highest BCUT2D eigenvalue weighted by Gasteiger charge is 2.20. The van der Waals surface area contributed by atoms with E-state index >= 15 is 0 Å². The van der Waals surface area contributed by atoms with Gasteiger partial charge in [0.15, 0.2) is 0 Å². The third kappa shape index (κ3) is 4.57. The number of alkyl halides is 1. The number of benzene rings is 1. The molecule has 0 aromatic heterocycles. The lowest BCUT2D eigenvalue weighted by molar-refractivity contribution is 0.0920. The lowest BCUT2D eigenvalue weighted by Crippen LogP contribution is -2.44. The number of carbonyl (C=O) groups excluding carboxylic acids is 1. The Hall–Kier alpha value is -1.22. The Balaban J connectivity index is 2.74. The van der Waals surface area contributed by atoms with Crippen molar-refractivity contribution in [1.82, 2.24) is 5.32 Å². The lowest BCUT2D eigenvalue weighted by Gasteiger charge is -2.23. The third-order valence-corrected chi connectivity index (χ3v) is 3.02. The van der Waals surface area contributed by atoms with Gasteiger partial charge < -0.3 is 10.1 Å². The largest absolute Gasteiger partial charge is 0.494 e. The first-order valence-corrected chi connectivity index (χ1v) is 6.63. The van der Waals surface area contributed by atoms with Crippen LogP contribution in [-0.4, -0.2) is 23.9 Å². The molecule has 0 bridgehead atoms. The summed E-state index contributed by atoms with van der Waals surface area (Å²) in [4.78, 5) is 12.0. The van der Waals surface area contributed by atoms with Crippen LogP contribution in [0.1, 0.15) is 37.6 Å². The number of hydrogen-bond donors (Lipinski definition) is 1. The summed E-state index contributed by atoms with van der Waals surface area (Å²) in [6.07, 6.45) is 0.940. The van der Waals surface area contributed by atoms with Gasteiger partial charge in [0, 0.05) is 17.0 Å². The molecule has 0 saturated heterocycles. The van der Waals surface area contributed by atoms with Crippen LogP contribution in [0.2, 0.25) is 0 Å². The van der Waals surface area contributed by atoms with Crippen LogP contribution in [0.25, 0.3) is 0 Å². The highest BCUT2D eigenvalue weighted by atomic mass is 35.5. The molecule has 1 N–H and O–H groups in total. The second-order valence-corrected chi connectivity index (χ2v) is 5.12. The molecule has 4 heteroatoms. The van der Waals surface area contributed by atoms with Crippen molar-refractivity contribution >= 4 is 17.5 Å². The maximum atomic E-state index is 12.0. The molecule has 0 unspecified atom stereocenters. The Morgan fingerprint density at radius 2 is 2.17 bits per heavy atom. The molecule has 0 aliphatic heterocycles. The molecule has 0 heterocycles. The van der Waals surface area contributed by atoms with Gasteiger partial charge in [-0.3, -0.25) is 4.79 Å². The van der Waals surface area contributed by atoms with E-state index in [2.05, 4.69) is 5.32 Å². The van der Waals surface area contributed by atoms with Crippen molar-refractivity contribution in [3.8, 4) is 5.75 Å². The van der Waals surface area contributed by atoms with Gasteiger partial charge in [0.25, 0.3) is 5.91 Å². The fourth-order valence-corrected chi connectivity index (χ4v) is 1.43. The van der Waals surface area contributed by atoms with E-state index in [0.717, 1.165) is 6.42 Å². The van der Waals surface area contributed by atoms with Gasteiger partial charge in [-0.2, -0.15) is 0 Å². The fraction of sp³-hybridized carbons (Fsp3) is 0.500. The number of rotatable bonds is 6. The molecular weight excluding hydrogens is 250 g/mol. The van der Waals surface area contributed by atoms with E-state index in [1.165, 1.54) is 0 Å². The van der Waals surface area contributed by atoms with Crippen molar-refractivity contribution in [1.29, 1.82) is 0 Å². The predicted octanol–water partition coefficient (Wildman–Crippen LogP) is 3.22. The highest BCUT2D eigenvalue weighted by Crippen LogP contribution is 2.15. The Morgan fingerprint density at radius 1 is 1.44 bits per heavy atom. The zero-order chi connectivity index (χ0) is 13.6. The van der Waals surface area contributed by atoms with Gasteiger partial charge in [0.1, 0.15) is 5.75 Å². The predicted molar refractivity (Wildman–Crippen MR) is 74.5 cm³/mol. The van der Waals surface area contributed by atoms with Crippen molar-refractivity contribution < 1.29 is 9.53 Å². The van der Waals surface area contributed by atoms with Crippen LogP contribution in [0.15, 0.2) is 24.3 Å². The summed E-state index contributed by atoms with van der Waals surface area (Å²) in [5.74, 6) is 0.945. The minimum Gasteiger partial charge on any atom is -0.494 e. The molecule has 1 amide bonds. The normalized spacial score (nSPS) is 11.1. The Kier molecular flexibility index (Phi) is 5.48. The van der Waals surface area contributed by atoms with E-state index in [0.29, 0.717) is 23.8 Å². The van der Waals surface area contributed by atoms with E-state index in [1.807, 2.05) is 32.9 Å². The lowest BCUT2D eigenvalue weighted by atomic mass is 10.1. The van der Waals surface area contributed by atoms with E-state index in [4.69, 9.17) is 16.3 Å². The summed E-state index contributed by atoms with van der Waals surface area (Å²) in [6.45, 7) is 6.46. The van der Waals surface area contributed by atoms with Crippen molar-refractivity contribution in [2.45, 2.75) is 32.7 Å². The molecule has 3 nitrogen and oxygen atoms in total. The summed E-state index contributed by atoms with van der Waals surface area (Å²) < 4.78 is 5.50. The zero-order valence-electron chi connectivity index (χ0n) is 11.1. The summed E-state index contributed by atoms with van der Waals surface area (Å²) >= 11 is 5.79. The average Bonchev–Trinajstić information content (AvgIpc) is 2.36. The molecule has 1 aromatic carbocycles. The topological polar surface area (TPSA) is 38.3 Å². The molecule has 0 atom stereocenters. The second-order valence-electron chi connectivity index (χ2n) is 4.85. The summed E-state index contributed by atoms with van der Waals surface area (Å²) in [6, 6.07) is 7.17. The van der Waals surface area contributed by atoms with Crippen LogP contribution in [0.3, 0.4) is 0 Å². The van der Waals surface area contributed by atoms with Crippen LogP contribution in [0.4, 0.5) is 0 Å². The summed E-state index contributed by atoms with van der Waals surface area (Å²) in [5, 5.41) is 2.88. The smallest absolute Gasteiger partial charge is 0.251 e. The molecule has 0 radical (unpaired) electrons. The summed E-state index contributed by atoms with van der Waals surface area (Å²) in [5.41, 5.74) is 0.167. The van der Waals surface area contributed by atoms with Crippen LogP contribution in [0, 0.1) is 0 Å². The van der Waals surface area contributed by atoms with Gasteiger partial charge in [-0.25, -0.2) is 0 Å². The fourth-order valence-electron chi connectivity index (χ4n) is 1.36. The highest BCUT2D eigenvalue weighted by molar-refractivity contribution is 6.18. The molecule has 0 aliphatic carbocycles. The summed E-state index contributed by atoms with van der Waals surface area (Å²) in [7, 11) is 0. The number of amides is 1. The van der Waals surface area contributed by atoms with E-state index in [9.17, 15) is 4.79 Å². The maximum Gasteiger partial charge on any atom is 0.251 e. The van der Waals surface area contributed by atoms with E-state index in [-0.39, 0.29) is 5.91 Å². The van der Waals surface area contributed by atoms with Gasteiger partial charge in [0.05, 0.1) is 6.61 Å². The first-order chi connectivity index (χ1) is 8.48. The SMILES string of the molecule is CCCOc1cccc(C(=O)NC(C)(C)CCl)c1. The molecule has 100 valence electrons. The van der Waals surface area contributed by atoms with E-state index < -0.39 is 5.54 Å². The standard InChI is InChI=1S/C14H20ClNO2/c1-4-8-18-12-7-5-6-11(9-12)13(17)16-14(2,3)10-15/h5-7,9H,4,8,10H2,1-3H3,(H,16,17). The number of nitrogens with one attached hydrogen (secondary N) is 1. The number of carbonyl (C=O) groups is 1. The van der Waals surface area contributed by atoms with Crippen molar-refractivity contribution in [2.75, 3.05) is 12.5 Å². The monoisotopic (exact) mass is 269 g/mol. The molecule has 0 fully saturated rings. The molecule has 0 spiro atoms. The van der Waals surface area contributed by atoms with Gasteiger partial charge in [-0.1, -0.05) is 13.0 Å². The van der Waals surface area contributed by atoms with Crippen molar-refractivity contribution in [2.24, 2.45) is 0 Å². The second kappa shape index (κ2) is 6.64. The van der Waals surface area contributed by atoms with Crippen molar-refractivity contribution in [3.05, 3.63) is 29.8 Å². The van der Waals surface area contributed by atoms with E-state index in [1.54, 1.807) is 12.1 Å². The molecule has 1 rings (SSSR count). The Labute approximate surface area is 113 Å². The molecule has 0 saturated carbocycles. The van der Waals surface area contributed by atoms with Crippen LogP contribution in [-0.2, 0) is 0 Å².